The molecule has 4 aromatic rings. The molecule has 3 aromatic heterocycles. The Morgan fingerprint density at radius 1 is 1.22 bits per heavy atom. The number of amides is 1. The SMILES string of the molecule is COc1c(C2(C(=O)O)CC2)sc2sc(C#Cc3cnn(C)c3NC(=O)OC(C)c3ccccc3)cc12. The minimum absolute atomic E-state index is 0.413. The molecule has 1 fully saturated rings. The number of rotatable bonds is 6. The van der Waals surface area contributed by atoms with Gasteiger partial charge in [-0.15, -0.1) is 22.7 Å². The largest absolute Gasteiger partial charge is 0.495 e. The zero-order chi connectivity index (χ0) is 25.4. The van der Waals surface area contributed by atoms with E-state index >= 15 is 0 Å². The number of ether oxygens (including phenoxy) is 2. The van der Waals surface area contributed by atoms with E-state index in [0.717, 1.165) is 24.7 Å². The molecule has 1 aliphatic rings. The number of fused-ring (bicyclic) bond motifs is 1. The van der Waals surface area contributed by atoms with Crippen molar-refractivity contribution in [3.05, 3.63) is 63.5 Å². The first-order valence-corrected chi connectivity index (χ1v) is 12.9. The molecule has 0 saturated heterocycles. The van der Waals surface area contributed by atoms with Crippen LogP contribution in [0.25, 0.3) is 9.40 Å². The number of thiophene rings is 2. The summed E-state index contributed by atoms with van der Waals surface area (Å²) in [6.45, 7) is 1.81. The van der Waals surface area contributed by atoms with Crippen molar-refractivity contribution in [2.24, 2.45) is 7.05 Å². The Hall–Kier alpha value is -3.81. The van der Waals surface area contributed by atoms with E-state index in [-0.39, 0.29) is 0 Å². The van der Waals surface area contributed by atoms with Crippen molar-refractivity contribution in [3.63, 3.8) is 0 Å². The highest BCUT2D eigenvalue weighted by Crippen LogP contribution is 2.57. The maximum atomic E-state index is 12.5. The van der Waals surface area contributed by atoms with Gasteiger partial charge in [0.2, 0.25) is 0 Å². The number of aromatic nitrogens is 2. The monoisotopic (exact) mass is 521 g/mol. The summed E-state index contributed by atoms with van der Waals surface area (Å²) in [5.41, 5.74) is 0.627. The Morgan fingerprint density at radius 3 is 2.64 bits per heavy atom. The number of carbonyl (C=O) groups is 2. The lowest BCUT2D eigenvalue weighted by Gasteiger charge is -2.14. The molecule has 10 heteroatoms. The number of anilines is 1. The summed E-state index contributed by atoms with van der Waals surface area (Å²) in [7, 11) is 3.28. The van der Waals surface area contributed by atoms with Crippen LogP contribution >= 0.6 is 22.7 Å². The molecule has 0 aliphatic heterocycles. The molecule has 0 bridgehead atoms. The Morgan fingerprint density at radius 2 is 1.97 bits per heavy atom. The van der Waals surface area contributed by atoms with E-state index < -0.39 is 23.6 Å². The van der Waals surface area contributed by atoms with Crippen LogP contribution in [0.3, 0.4) is 0 Å². The first-order chi connectivity index (χ1) is 17.3. The second kappa shape index (κ2) is 9.33. The number of hydrogen-bond donors (Lipinski definition) is 2. The van der Waals surface area contributed by atoms with Crippen LogP contribution in [-0.4, -0.2) is 34.1 Å². The van der Waals surface area contributed by atoms with Crippen molar-refractivity contribution in [3.8, 4) is 17.6 Å². The number of carboxylic acid groups (broad SMARTS) is 1. The van der Waals surface area contributed by atoms with Crippen molar-refractivity contribution in [2.75, 3.05) is 12.4 Å². The number of aryl methyl sites for hydroxylation is 1. The lowest BCUT2D eigenvalue weighted by molar-refractivity contribution is -0.139. The van der Waals surface area contributed by atoms with Gasteiger partial charge in [0.1, 0.15) is 23.1 Å². The van der Waals surface area contributed by atoms with Crippen LogP contribution in [0.5, 0.6) is 5.75 Å². The Kier molecular flexibility index (Phi) is 6.20. The highest BCUT2D eigenvalue weighted by Gasteiger charge is 2.55. The number of nitrogens with one attached hydrogen (secondary N) is 1. The molecule has 5 rings (SSSR count). The number of carbonyl (C=O) groups excluding carboxylic acids is 1. The smallest absolute Gasteiger partial charge is 0.413 e. The van der Waals surface area contributed by atoms with E-state index in [1.165, 1.54) is 27.4 Å². The zero-order valence-electron chi connectivity index (χ0n) is 19.8. The standard InChI is InChI=1S/C26H23N3O5S2/c1-15(16-7-5-4-6-8-16)34-25(32)28-22-17(14-27-29(22)2)9-10-18-13-19-20(33-3)21(36-23(19)35-18)26(11-12-26)24(30)31/h4-8,13-15H,11-12H2,1-3H3,(H,28,32)(H,30,31). The first-order valence-electron chi connectivity index (χ1n) is 11.2. The lowest BCUT2D eigenvalue weighted by Crippen LogP contribution is -2.18. The number of methoxy groups -OCH3 is 1. The molecule has 0 radical (unpaired) electrons. The molecule has 1 unspecified atom stereocenters. The van der Waals surface area contributed by atoms with E-state index in [4.69, 9.17) is 9.47 Å². The quantitative estimate of drug-likeness (QED) is 0.324. The number of benzene rings is 1. The van der Waals surface area contributed by atoms with Gasteiger partial charge < -0.3 is 14.6 Å². The predicted octanol–water partition coefficient (Wildman–Crippen LogP) is 5.53. The fourth-order valence-corrected chi connectivity index (χ4v) is 6.64. The summed E-state index contributed by atoms with van der Waals surface area (Å²) in [5, 5.41) is 17.5. The Balaban J connectivity index is 1.35. The Labute approximate surface area is 215 Å². The fourth-order valence-electron chi connectivity index (χ4n) is 4.00. The molecular weight excluding hydrogens is 498 g/mol. The maximum absolute atomic E-state index is 12.5. The average molecular weight is 522 g/mol. The summed E-state index contributed by atoms with van der Waals surface area (Å²) < 4.78 is 13.6. The molecular formula is C26H23N3O5S2. The predicted molar refractivity (Wildman–Crippen MR) is 139 cm³/mol. The molecule has 0 spiro atoms. The summed E-state index contributed by atoms with van der Waals surface area (Å²) >= 11 is 2.95. The minimum Gasteiger partial charge on any atom is -0.495 e. The normalized spacial score (nSPS) is 14.5. The molecule has 8 nitrogen and oxygen atoms in total. The van der Waals surface area contributed by atoms with Crippen molar-refractivity contribution in [1.82, 2.24) is 9.78 Å². The number of carboxylic acids is 1. The number of nitrogens with zero attached hydrogens (tertiary/aromatic N) is 2. The van der Waals surface area contributed by atoms with E-state index in [9.17, 15) is 14.7 Å². The van der Waals surface area contributed by atoms with Gasteiger partial charge in [-0.05, 0) is 31.4 Å². The van der Waals surface area contributed by atoms with Gasteiger partial charge in [-0.2, -0.15) is 5.10 Å². The molecule has 36 heavy (non-hydrogen) atoms. The molecule has 1 aromatic carbocycles. The number of hydrogen-bond acceptors (Lipinski definition) is 7. The molecule has 2 N–H and O–H groups in total. The van der Waals surface area contributed by atoms with E-state index in [1.807, 2.05) is 43.3 Å². The van der Waals surface area contributed by atoms with Crippen molar-refractivity contribution >= 4 is 50.0 Å². The van der Waals surface area contributed by atoms with Gasteiger partial charge >= 0.3 is 12.1 Å². The van der Waals surface area contributed by atoms with Crippen molar-refractivity contribution < 1.29 is 24.2 Å². The lowest BCUT2D eigenvalue weighted by atomic mass is 10.0. The second-order valence-corrected chi connectivity index (χ2v) is 10.9. The van der Waals surface area contributed by atoms with Crippen molar-refractivity contribution in [1.29, 1.82) is 0 Å². The van der Waals surface area contributed by atoms with E-state index in [0.29, 0.717) is 30.0 Å². The van der Waals surface area contributed by atoms with E-state index in [1.54, 1.807) is 20.4 Å². The van der Waals surface area contributed by atoms with Crippen LogP contribution in [0.1, 0.15) is 46.8 Å². The zero-order valence-corrected chi connectivity index (χ0v) is 21.5. The summed E-state index contributed by atoms with van der Waals surface area (Å²) in [6.07, 6.45) is 1.83. The average Bonchev–Trinajstić information content (AvgIpc) is 3.33. The van der Waals surface area contributed by atoms with Gasteiger partial charge in [0.15, 0.2) is 0 Å². The maximum Gasteiger partial charge on any atom is 0.413 e. The van der Waals surface area contributed by atoms with Gasteiger partial charge in [-0.3, -0.25) is 14.8 Å². The molecule has 1 amide bonds. The van der Waals surface area contributed by atoms with Gasteiger partial charge in [0.25, 0.3) is 0 Å². The summed E-state index contributed by atoms with van der Waals surface area (Å²) in [5.74, 6) is 6.47. The Bertz CT molecular complexity index is 1520. The fraction of sp³-hybridized carbons (Fsp3) is 0.269. The third-order valence-electron chi connectivity index (χ3n) is 6.17. The highest BCUT2D eigenvalue weighted by atomic mass is 32.2. The number of aliphatic carboxylic acids is 1. The van der Waals surface area contributed by atoms with E-state index in [2.05, 4.69) is 22.3 Å². The van der Waals surface area contributed by atoms with Gasteiger partial charge in [-0.1, -0.05) is 42.2 Å². The molecule has 1 aliphatic carbocycles. The second-order valence-electron chi connectivity index (χ2n) is 8.53. The molecule has 3 heterocycles. The van der Waals surface area contributed by atoms with Crippen LogP contribution < -0.4 is 10.1 Å². The van der Waals surface area contributed by atoms with Crippen LogP contribution in [0.15, 0.2) is 42.6 Å². The van der Waals surface area contributed by atoms with Gasteiger partial charge in [0.05, 0.1) is 32.6 Å². The first kappa shape index (κ1) is 23.9. The van der Waals surface area contributed by atoms with Crippen LogP contribution in [0.2, 0.25) is 0 Å². The van der Waals surface area contributed by atoms with Gasteiger partial charge in [0, 0.05) is 12.4 Å². The highest BCUT2D eigenvalue weighted by molar-refractivity contribution is 7.39. The molecule has 184 valence electrons. The van der Waals surface area contributed by atoms with Crippen molar-refractivity contribution in [2.45, 2.75) is 31.3 Å². The third kappa shape index (κ3) is 4.32. The summed E-state index contributed by atoms with van der Waals surface area (Å²) in [6, 6.07) is 11.4. The molecule has 1 atom stereocenters. The van der Waals surface area contributed by atoms with Gasteiger partial charge in [-0.25, -0.2) is 4.79 Å². The van der Waals surface area contributed by atoms with Crippen LogP contribution in [-0.2, 0) is 22.0 Å². The topological polar surface area (TPSA) is 103 Å². The molecule has 1 saturated carbocycles. The third-order valence-corrected chi connectivity index (χ3v) is 8.70. The van der Waals surface area contributed by atoms with Crippen LogP contribution in [0, 0.1) is 11.8 Å². The summed E-state index contributed by atoms with van der Waals surface area (Å²) in [4.78, 5) is 25.9. The minimum atomic E-state index is -0.816. The van der Waals surface area contributed by atoms with Crippen LogP contribution in [0.4, 0.5) is 10.6 Å².